The van der Waals surface area contributed by atoms with Crippen molar-refractivity contribution < 1.29 is 19.1 Å². The van der Waals surface area contributed by atoms with E-state index in [0.717, 1.165) is 34.1 Å². The van der Waals surface area contributed by atoms with Crippen LogP contribution >= 0.6 is 0 Å². The van der Waals surface area contributed by atoms with Crippen molar-refractivity contribution in [3.05, 3.63) is 70.9 Å². The van der Waals surface area contributed by atoms with Crippen LogP contribution in [0, 0.1) is 0 Å². The molecule has 0 bridgehead atoms. The number of carbonyl (C=O) groups is 3. The summed E-state index contributed by atoms with van der Waals surface area (Å²) in [7, 11) is 0. The first-order valence-electron chi connectivity index (χ1n) is 13.1. The summed E-state index contributed by atoms with van der Waals surface area (Å²) in [6, 6.07) is 15.1. The number of carbonyl (C=O) groups excluding carboxylic acids is 3. The van der Waals surface area contributed by atoms with Crippen LogP contribution in [0.3, 0.4) is 0 Å². The average molecular weight is 502 g/mol. The Morgan fingerprint density at radius 2 is 1.76 bits per heavy atom. The first-order valence-corrected chi connectivity index (χ1v) is 13.1. The zero-order valence-electron chi connectivity index (χ0n) is 22.3. The van der Waals surface area contributed by atoms with Gasteiger partial charge >= 0.3 is 5.97 Å². The van der Waals surface area contributed by atoms with Crippen molar-refractivity contribution in [2.45, 2.75) is 71.7 Å². The molecule has 1 fully saturated rings. The molecule has 0 radical (unpaired) electrons. The van der Waals surface area contributed by atoms with Gasteiger partial charge in [-0.05, 0) is 63.4 Å². The van der Waals surface area contributed by atoms with E-state index >= 15 is 0 Å². The molecular weight excluding hydrogens is 466 g/mol. The van der Waals surface area contributed by atoms with E-state index in [9.17, 15) is 14.4 Å². The van der Waals surface area contributed by atoms with E-state index in [1.165, 1.54) is 0 Å². The van der Waals surface area contributed by atoms with Crippen LogP contribution in [0.4, 0.5) is 0 Å². The lowest BCUT2D eigenvalue weighted by Gasteiger charge is -2.46. The second kappa shape index (κ2) is 9.36. The first kappa shape index (κ1) is 25.1. The molecule has 0 unspecified atom stereocenters. The third-order valence-electron chi connectivity index (χ3n) is 7.30. The van der Waals surface area contributed by atoms with Crippen molar-refractivity contribution in [3.63, 3.8) is 0 Å². The van der Waals surface area contributed by atoms with E-state index in [4.69, 9.17) is 4.74 Å². The summed E-state index contributed by atoms with van der Waals surface area (Å²) in [6.45, 7) is 11.0. The van der Waals surface area contributed by atoms with Crippen molar-refractivity contribution in [1.29, 1.82) is 0 Å². The van der Waals surface area contributed by atoms with Gasteiger partial charge in [-0.2, -0.15) is 0 Å². The van der Waals surface area contributed by atoms with Crippen LogP contribution in [0.1, 0.15) is 74.3 Å². The Morgan fingerprint density at radius 3 is 2.43 bits per heavy atom. The molecule has 0 spiro atoms. The molecule has 2 amide bonds. The van der Waals surface area contributed by atoms with Gasteiger partial charge in [0.2, 0.25) is 11.8 Å². The predicted octanol–water partition coefficient (Wildman–Crippen LogP) is 4.71. The fourth-order valence-corrected chi connectivity index (χ4v) is 5.81. The quantitative estimate of drug-likeness (QED) is 0.475. The van der Waals surface area contributed by atoms with Crippen LogP contribution in [0.2, 0.25) is 0 Å². The van der Waals surface area contributed by atoms with E-state index in [2.05, 4.69) is 16.7 Å². The Kier molecular flexibility index (Phi) is 6.34. The van der Waals surface area contributed by atoms with Crippen LogP contribution in [0.5, 0.6) is 0 Å². The molecule has 194 valence electrons. The zero-order chi connectivity index (χ0) is 26.5. The number of fused-ring (bicyclic) bond motifs is 4. The molecular formula is C30H35N3O4. The number of amides is 2. The van der Waals surface area contributed by atoms with E-state index in [0.29, 0.717) is 25.1 Å². The lowest BCUT2D eigenvalue weighted by atomic mass is 9.89. The molecule has 7 heteroatoms. The number of ether oxygens (including phenoxy) is 1. The van der Waals surface area contributed by atoms with E-state index in [1.54, 1.807) is 21.9 Å². The number of aromatic nitrogens is 1. The summed E-state index contributed by atoms with van der Waals surface area (Å²) in [5.74, 6) is -0.281. The minimum absolute atomic E-state index is 0.00900. The lowest BCUT2D eigenvalue weighted by Crippen LogP contribution is -2.62. The van der Waals surface area contributed by atoms with Crippen molar-refractivity contribution in [1.82, 2.24) is 14.4 Å². The van der Waals surface area contributed by atoms with Gasteiger partial charge in [-0.25, -0.2) is 4.79 Å². The predicted molar refractivity (Wildman–Crippen MR) is 142 cm³/mol. The monoisotopic (exact) mass is 501 g/mol. The van der Waals surface area contributed by atoms with Gasteiger partial charge in [0.1, 0.15) is 11.6 Å². The highest BCUT2D eigenvalue weighted by atomic mass is 16.6. The highest BCUT2D eigenvalue weighted by molar-refractivity contribution is 5.97. The SMILES string of the molecule is CCCN1CC(=O)N2[C@H](Cc3c(n(Cc4ccc(C(=O)OC(C)(C)C)cc4)c4ccccc34)[C@@H]2C)C1=O. The fraction of sp³-hybridized carbons (Fsp3) is 0.433. The third-order valence-corrected chi connectivity index (χ3v) is 7.30. The standard InChI is InChI=1S/C30H35N3O4/c1-6-15-31-18-26(34)33-19(2)27-23(16-25(33)28(31)35)22-9-7-8-10-24(22)32(27)17-20-11-13-21(14-12-20)29(36)37-30(3,4)5/h7-14,19,25H,6,15-18H2,1-5H3/t19-,25+/m0/s1. The van der Waals surface area contributed by atoms with E-state index in [-0.39, 0.29) is 30.4 Å². The van der Waals surface area contributed by atoms with Crippen molar-refractivity contribution >= 4 is 28.7 Å². The first-order chi connectivity index (χ1) is 17.6. The number of hydrogen-bond donors (Lipinski definition) is 0. The van der Waals surface area contributed by atoms with Crippen LogP contribution in [-0.2, 0) is 27.3 Å². The van der Waals surface area contributed by atoms with E-state index < -0.39 is 11.6 Å². The number of rotatable bonds is 5. The molecule has 0 saturated carbocycles. The fourth-order valence-electron chi connectivity index (χ4n) is 5.81. The molecule has 2 aliphatic heterocycles. The largest absolute Gasteiger partial charge is 0.456 e. The molecule has 2 aromatic carbocycles. The molecule has 3 heterocycles. The molecule has 0 aliphatic carbocycles. The normalized spacial score (nSPS) is 19.7. The van der Waals surface area contributed by atoms with Crippen LogP contribution in [-0.4, -0.2) is 56.9 Å². The summed E-state index contributed by atoms with van der Waals surface area (Å²) >= 11 is 0. The van der Waals surface area contributed by atoms with Crippen molar-refractivity contribution in [3.8, 4) is 0 Å². The second-order valence-electron chi connectivity index (χ2n) is 11.1. The number of benzene rings is 2. The number of para-hydroxylation sites is 1. The average Bonchev–Trinajstić information content (AvgIpc) is 3.15. The Bertz CT molecular complexity index is 1370. The maximum absolute atomic E-state index is 13.3. The molecule has 1 aromatic heterocycles. The summed E-state index contributed by atoms with van der Waals surface area (Å²) < 4.78 is 7.76. The van der Waals surface area contributed by atoms with Gasteiger partial charge in [0.15, 0.2) is 0 Å². The van der Waals surface area contributed by atoms with Gasteiger partial charge in [0, 0.05) is 36.1 Å². The Balaban J connectivity index is 1.51. The van der Waals surface area contributed by atoms with Gasteiger partial charge in [-0.1, -0.05) is 37.3 Å². The maximum Gasteiger partial charge on any atom is 0.338 e. The van der Waals surface area contributed by atoms with Gasteiger partial charge in [0.05, 0.1) is 18.2 Å². The summed E-state index contributed by atoms with van der Waals surface area (Å²) in [4.78, 5) is 42.6. The number of piperazine rings is 1. The van der Waals surface area contributed by atoms with Gasteiger partial charge in [-0.3, -0.25) is 9.59 Å². The Labute approximate surface area is 218 Å². The molecule has 0 N–H and O–H groups in total. The number of esters is 1. The molecule has 1 saturated heterocycles. The molecule has 2 aliphatic rings. The molecule has 5 rings (SSSR count). The van der Waals surface area contributed by atoms with Crippen molar-refractivity contribution in [2.75, 3.05) is 13.1 Å². The summed E-state index contributed by atoms with van der Waals surface area (Å²) in [5, 5.41) is 1.13. The lowest BCUT2D eigenvalue weighted by molar-refractivity contribution is -0.159. The Hall–Kier alpha value is -3.61. The summed E-state index contributed by atoms with van der Waals surface area (Å²) in [5.41, 5.74) is 4.32. The molecule has 3 aromatic rings. The number of nitrogens with zero attached hydrogens (tertiary/aromatic N) is 3. The second-order valence-corrected chi connectivity index (χ2v) is 11.1. The molecule has 2 atom stereocenters. The van der Waals surface area contributed by atoms with Crippen LogP contribution < -0.4 is 0 Å². The van der Waals surface area contributed by atoms with Crippen LogP contribution in [0.15, 0.2) is 48.5 Å². The maximum atomic E-state index is 13.3. The zero-order valence-corrected chi connectivity index (χ0v) is 22.3. The highest BCUT2D eigenvalue weighted by Crippen LogP contribution is 2.41. The minimum Gasteiger partial charge on any atom is -0.456 e. The Morgan fingerprint density at radius 1 is 1.05 bits per heavy atom. The smallest absolute Gasteiger partial charge is 0.338 e. The molecule has 37 heavy (non-hydrogen) atoms. The van der Waals surface area contributed by atoms with Gasteiger partial charge < -0.3 is 19.1 Å². The topological polar surface area (TPSA) is 71.8 Å². The third kappa shape index (κ3) is 4.52. The molecule has 7 nitrogen and oxygen atoms in total. The van der Waals surface area contributed by atoms with Crippen molar-refractivity contribution in [2.24, 2.45) is 0 Å². The van der Waals surface area contributed by atoms with E-state index in [1.807, 2.05) is 58.9 Å². The number of hydrogen-bond acceptors (Lipinski definition) is 4. The van der Waals surface area contributed by atoms with Gasteiger partial charge in [-0.15, -0.1) is 0 Å². The van der Waals surface area contributed by atoms with Gasteiger partial charge in [0.25, 0.3) is 0 Å². The highest BCUT2D eigenvalue weighted by Gasteiger charge is 2.46. The minimum atomic E-state index is -0.548. The van der Waals surface area contributed by atoms with Crippen LogP contribution in [0.25, 0.3) is 10.9 Å². The summed E-state index contributed by atoms with van der Waals surface area (Å²) in [6.07, 6.45) is 1.36.